The Morgan fingerprint density at radius 3 is 2.48 bits per heavy atom. The fourth-order valence-corrected chi connectivity index (χ4v) is 2.13. The first-order valence-corrected chi connectivity index (χ1v) is 7.39. The number of nitrogens with zero attached hydrogens (tertiary/aromatic N) is 1. The maximum atomic E-state index is 12.4. The predicted octanol–water partition coefficient (Wildman–Crippen LogP) is 3.53. The second kappa shape index (κ2) is 7.62. The van der Waals surface area contributed by atoms with E-state index in [0.29, 0.717) is 11.9 Å². The Kier molecular flexibility index (Phi) is 6.15. The van der Waals surface area contributed by atoms with Crippen LogP contribution in [0.15, 0.2) is 29.2 Å². The van der Waals surface area contributed by atoms with Gasteiger partial charge in [-0.3, -0.25) is 4.79 Å². The van der Waals surface area contributed by atoms with Gasteiger partial charge in [0.1, 0.15) is 5.56 Å². The third-order valence-electron chi connectivity index (χ3n) is 3.07. The predicted molar refractivity (Wildman–Crippen MR) is 85.9 cm³/mol. The van der Waals surface area contributed by atoms with E-state index in [4.69, 9.17) is 4.74 Å². The zero-order valence-electron chi connectivity index (χ0n) is 13.4. The Morgan fingerprint density at radius 1 is 1.24 bits per heavy atom. The summed E-state index contributed by atoms with van der Waals surface area (Å²) in [6, 6.07) is 5.68. The quantitative estimate of drug-likeness (QED) is 0.812. The number of benzene rings is 1. The minimum absolute atomic E-state index is 0.0989. The Hall–Kier alpha value is -2.10. The first-order valence-electron chi connectivity index (χ1n) is 7.39. The van der Waals surface area contributed by atoms with Crippen LogP contribution in [0, 0.1) is 6.92 Å². The molecule has 0 aliphatic heterocycles. The van der Waals surface area contributed by atoms with Crippen molar-refractivity contribution in [3.05, 3.63) is 45.7 Å². The molecule has 2 aromatic rings. The normalized spacial score (nSPS) is 9.95. The van der Waals surface area contributed by atoms with E-state index < -0.39 is 5.97 Å². The van der Waals surface area contributed by atoms with Crippen LogP contribution in [0.25, 0.3) is 10.9 Å². The van der Waals surface area contributed by atoms with Crippen LogP contribution >= 0.6 is 0 Å². The van der Waals surface area contributed by atoms with Gasteiger partial charge in [0.05, 0.1) is 12.1 Å². The maximum Gasteiger partial charge on any atom is 0.343 e. The van der Waals surface area contributed by atoms with Gasteiger partial charge < -0.3 is 9.30 Å². The molecule has 0 unspecified atom stereocenters. The largest absolute Gasteiger partial charge is 0.462 e. The molecule has 4 nitrogen and oxygen atoms in total. The minimum Gasteiger partial charge on any atom is -0.462 e. The van der Waals surface area contributed by atoms with Gasteiger partial charge in [0, 0.05) is 18.1 Å². The summed E-state index contributed by atoms with van der Waals surface area (Å²) in [6.07, 6.45) is 1.58. The number of rotatable bonds is 3. The van der Waals surface area contributed by atoms with Gasteiger partial charge in [-0.2, -0.15) is 0 Å². The number of ether oxygens (including phenoxy) is 1. The van der Waals surface area contributed by atoms with Gasteiger partial charge in [-0.05, 0) is 32.9 Å². The SMILES string of the molecule is CC.CCOC(=O)c1cn(CC)c2ccc(C)cc2c1=O. The molecule has 0 atom stereocenters. The van der Waals surface area contributed by atoms with Gasteiger partial charge in [-0.25, -0.2) is 4.79 Å². The standard InChI is InChI=1S/C15H17NO3.C2H6/c1-4-16-9-12(15(18)19-5-2)14(17)11-8-10(3)6-7-13(11)16;1-2/h6-9H,4-5H2,1-3H3;1-2H3. The summed E-state index contributed by atoms with van der Waals surface area (Å²) in [7, 11) is 0. The molecular weight excluding hydrogens is 266 g/mol. The molecule has 0 spiro atoms. The summed E-state index contributed by atoms with van der Waals surface area (Å²) in [4.78, 5) is 24.2. The van der Waals surface area contributed by atoms with Crippen molar-refractivity contribution in [1.82, 2.24) is 4.57 Å². The second-order valence-corrected chi connectivity index (χ2v) is 4.40. The highest BCUT2D eigenvalue weighted by atomic mass is 16.5. The lowest BCUT2D eigenvalue weighted by molar-refractivity contribution is 0.0524. The van der Waals surface area contributed by atoms with Crippen molar-refractivity contribution in [2.75, 3.05) is 6.61 Å². The first-order chi connectivity index (χ1) is 10.1. The van der Waals surface area contributed by atoms with Crippen LogP contribution in [-0.4, -0.2) is 17.1 Å². The number of carbonyl (C=O) groups is 1. The molecule has 2 rings (SSSR count). The fraction of sp³-hybridized carbons (Fsp3) is 0.412. The number of fused-ring (bicyclic) bond motifs is 1. The number of hydrogen-bond donors (Lipinski definition) is 0. The van der Waals surface area contributed by atoms with Crippen molar-refractivity contribution in [1.29, 1.82) is 0 Å². The van der Waals surface area contributed by atoms with E-state index in [1.165, 1.54) is 0 Å². The third-order valence-corrected chi connectivity index (χ3v) is 3.07. The number of hydrogen-bond acceptors (Lipinski definition) is 3. The maximum absolute atomic E-state index is 12.4. The van der Waals surface area contributed by atoms with Crippen LogP contribution in [0.4, 0.5) is 0 Å². The van der Waals surface area contributed by atoms with E-state index in [1.807, 2.05) is 50.5 Å². The average molecular weight is 289 g/mol. The molecule has 0 fully saturated rings. The molecule has 0 amide bonds. The zero-order chi connectivity index (χ0) is 16.0. The van der Waals surface area contributed by atoms with Gasteiger partial charge in [0.15, 0.2) is 0 Å². The summed E-state index contributed by atoms with van der Waals surface area (Å²) in [6.45, 7) is 10.6. The van der Waals surface area contributed by atoms with E-state index in [9.17, 15) is 9.59 Å². The minimum atomic E-state index is -0.557. The van der Waals surface area contributed by atoms with Crippen molar-refractivity contribution in [2.45, 2.75) is 41.2 Å². The van der Waals surface area contributed by atoms with E-state index in [1.54, 1.807) is 13.1 Å². The second-order valence-electron chi connectivity index (χ2n) is 4.40. The summed E-state index contributed by atoms with van der Waals surface area (Å²) >= 11 is 0. The van der Waals surface area contributed by atoms with Gasteiger partial charge in [-0.1, -0.05) is 25.5 Å². The molecule has 0 N–H and O–H groups in total. The molecule has 1 aromatic heterocycles. The number of aromatic nitrogens is 1. The van der Waals surface area contributed by atoms with Crippen molar-refractivity contribution < 1.29 is 9.53 Å². The molecule has 4 heteroatoms. The van der Waals surface area contributed by atoms with Crippen molar-refractivity contribution in [3.63, 3.8) is 0 Å². The molecule has 114 valence electrons. The summed E-state index contributed by atoms with van der Waals surface area (Å²) in [5, 5.41) is 0.562. The van der Waals surface area contributed by atoms with Gasteiger partial charge in [0.25, 0.3) is 0 Å². The number of pyridine rings is 1. The smallest absolute Gasteiger partial charge is 0.343 e. The molecule has 0 saturated carbocycles. The van der Waals surface area contributed by atoms with Crippen LogP contribution < -0.4 is 5.43 Å². The topological polar surface area (TPSA) is 48.3 Å². The Labute approximate surface area is 125 Å². The third kappa shape index (κ3) is 3.51. The van der Waals surface area contributed by atoms with Gasteiger partial charge in [-0.15, -0.1) is 0 Å². The molecule has 0 aliphatic rings. The summed E-state index contributed by atoms with van der Waals surface area (Å²) in [5.41, 5.74) is 1.67. The highest BCUT2D eigenvalue weighted by Gasteiger charge is 2.15. The van der Waals surface area contributed by atoms with Gasteiger partial charge in [0.2, 0.25) is 5.43 Å². The van der Waals surface area contributed by atoms with E-state index >= 15 is 0 Å². The summed E-state index contributed by atoms with van der Waals surface area (Å²) in [5.74, 6) is -0.557. The van der Waals surface area contributed by atoms with Crippen LogP contribution in [0.2, 0.25) is 0 Å². The van der Waals surface area contributed by atoms with Crippen LogP contribution in [0.3, 0.4) is 0 Å². The molecule has 1 aromatic carbocycles. The highest BCUT2D eigenvalue weighted by molar-refractivity contribution is 5.93. The number of aryl methyl sites for hydroxylation is 2. The first kappa shape index (κ1) is 17.0. The monoisotopic (exact) mass is 289 g/mol. The van der Waals surface area contributed by atoms with Crippen molar-refractivity contribution in [3.8, 4) is 0 Å². The van der Waals surface area contributed by atoms with E-state index in [-0.39, 0.29) is 17.6 Å². The Morgan fingerprint density at radius 2 is 1.90 bits per heavy atom. The van der Waals surface area contributed by atoms with Crippen molar-refractivity contribution >= 4 is 16.9 Å². The molecule has 0 radical (unpaired) electrons. The van der Waals surface area contributed by atoms with Crippen LogP contribution in [0.5, 0.6) is 0 Å². The van der Waals surface area contributed by atoms with E-state index in [2.05, 4.69) is 0 Å². The van der Waals surface area contributed by atoms with Gasteiger partial charge >= 0.3 is 5.97 Å². The average Bonchev–Trinajstić information content (AvgIpc) is 2.50. The van der Waals surface area contributed by atoms with Crippen molar-refractivity contribution in [2.24, 2.45) is 0 Å². The lowest BCUT2D eigenvalue weighted by Crippen LogP contribution is -2.20. The Balaban J connectivity index is 0.00000106. The molecule has 21 heavy (non-hydrogen) atoms. The summed E-state index contributed by atoms with van der Waals surface area (Å²) < 4.78 is 6.83. The van der Waals surface area contributed by atoms with E-state index in [0.717, 1.165) is 11.1 Å². The fourth-order valence-electron chi connectivity index (χ4n) is 2.13. The highest BCUT2D eigenvalue weighted by Crippen LogP contribution is 2.14. The number of esters is 1. The zero-order valence-corrected chi connectivity index (χ0v) is 13.4. The molecule has 1 heterocycles. The van der Waals surface area contributed by atoms with Crippen LogP contribution in [-0.2, 0) is 11.3 Å². The number of carbonyl (C=O) groups excluding carboxylic acids is 1. The van der Waals surface area contributed by atoms with Crippen LogP contribution in [0.1, 0.15) is 43.6 Å². The lowest BCUT2D eigenvalue weighted by Gasteiger charge is -2.11. The molecule has 0 saturated heterocycles. The molecule has 0 bridgehead atoms. The molecular formula is C17H23NO3. The lowest BCUT2D eigenvalue weighted by atomic mass is 10.1. The molecule has 0 aliphatic carbocycles. The Bertz CT molecular complexity index is 686.